The third-order valence-corrected chi connectivity index (χ3v) is 8.17. The topological polar surface area (TPSA) is 0 Å². The van der Waals surface area contributed by atoms with Crippen LogP contribution in [0, 0.1) is 39.9 Å². The number of hydrogen-bond acceptors (Lipinski definition) is 0. The molecule has 0 N–H and O–H groups in total. The van der Waals surface area contributed by atoms with Crippen LogP contribution in [0.3, 0.4) is 0 Å². The van der Waals surface area contributed by atoms with E-state index in [0.717, 1.165) is 23.7 Å². The third-order valence-electron chi connectivity index (χ3n) is 8.17. The first-order chi connectivity index (χ1) is 9.37. The Hall–Kier alpha value is -0.260. The van der Waals surface area contributed by atoms with Crippen LogP contribution in [0.1, 0.15) is 72.6 Å². The van der Waals surface area contributed by atoms with E-state index in [1.807, 2.05) is 0 Å². The highest BCUT2D eigenvalue weighted by Gasteiger charge is 2.61. The van der Waals surface area contributed by atoms with Crippen LogP contribution >= 0.6 is 0 Å². The predicted octanol–water partition coefficient (Wildman–Crippen LogP) is 5.83. The SMILES string of the molecule is CC1C[C@@]23C=C[C@@H]4C(C)(C)CCCC4(C)[C@@H]2CCC1C3. The van der Waals surface area contributed by atoms with Crippen molar-refractivity contribution in [2.45, 2.75) is 72.6 Å². The summed E-state index contributed by atoms with van der Waals surface area (Å²) in [6, 6.07) is 0. The minimum atomic E-state index is 0.520. The molecule has 4 aliphatic carbocycles. The quantitative estimate of drug-likeness (QED) is 0.487. The Bertz CT molecular complexity index is 441. The van der Waals surface area contributed by atoms with Gasteiger partial charge in [0, 0.05) is 0 Å². The van der Waals surface area contributed by atoms with E-state index in [1.165, 1.54) is 44.9 Å². The monoisotopic (exact) mass is 272 g/mol. The Morgan fingerprint density at radius 1 is 1.00 bits per heavy atom. The van der Waals surface area contributed by atoms with Crippen LogP contribution in [-0.2, 0) is 0 Å². The van der Waals surface area contributed by atoms with E-state index >= 15 is 0 Å². The van der Waals surface area contributed by atoms with Gasteiger partial charge in [-0.2, -0.15) is 0 Å². The lowest BCUT2D eigenvalue weighted by Crippen LogP contribution is -2.53. The summed E-state index contributed by atoms with van der Waals surface area (Å²) in [6.45, 7) is 10.2. The molecular weight excluding hydrogens is 240 g/mol. The maximum Gasteiger partial charge on any atom is -0.00791 e. The van der Waals surface area contributed by atoms with Gasteiger partial charge in [-0.05, 0) is 78.4 Å². The van der Waals surface area contributed by atoms with Crippen LogP contribution in [-0.4, -0.2) is 0 Å². The summed E-state index contributed by atoms with van der Waals surface area (Å²) >= 11 is 0. The molecule has 0 radical (unpaired) electrons. The second-order valence-corrected chi connectivity index (χ2v) is 9.69. The van der Waals surface area contributed by atoms with Crippen LogP contribution in [0.4, 0.5) is 0 Å². The van der Waals surface area contributed by atoms with Gasteiger partial charge < -0.3 is 0 Å². The fraction of sp³-hybridized carbons (Fsp3) is 0.900. The summed E-state index contributed by atoms with van der Waals surface area (Å²) in [5.41, 5.74) is 1.71. The Morgan fingerprint density at radius 3 is 2.60 bits per heavy atom. The summed E-state index contributed by atoms with van der Waals surface area (Å²) in [4.78, 5) is 0. The standard InChI is InChI=1S/C20H32/c1-14-12-20-11-8-16-18(2,3)9-5-10-19(16,4)17(20)7-6-15(14)13-20/h8,11,14-17H,5-7,9-10,12-13H2,1-4H3/t14?,15?,16-,17+,19?,20-/m1/s1. The van der Waals surface area contributed by atoms with Gasteiger partial charge in [0.15, 0.2) is 0 Å². The maximum atomic E-state index is 2.73. The average Bonchev–Trinajstić information content (AvgIpc) is 2.58. The minimum Gasteiger partial charge on any atom is -0.0838 e. The van der Waals surface area contributed by atoms with Crippen molar-refractivity contribution in [1.29, 1.82) is 0 Å². The molecule has 2 bridgehead atoms. The van der Waals surface area contributed by atoms with Gasteiger partial charge in [0.05, 0.1) is 0 Å². The summed E-state index contributed by atoms with van der Waals surface area (Å²) < 4.78 is 0. The molecular formula is C20H32. The lowest BCUT2D eigenvalue weighted by Gasteiger charge is -2.61. The van der Waals surface area contributed by atoms with Gasteiger partial charge >= 0.3 is 0 Å². The second-order valence-electron chi connectivity index (χ2n) is 9.69. The normalized spacial score (nSPS) is 56.2. The van der Waals surface area contributed by atoms with Gasteiger partial charge in [-0.3, -0.25) is 0 Å². The Kier molecular flexibility index (Phi) is 2.63. The van der Waals surface area contributed by atoms with E-state index in [9.17, 15) is 0 Å². The van der Waals surface area contributed by atoms with Crippen LogP contribution in [0.2, 0.25) is 0 Å². The lowest BCUT2D eigenvalue weighted by atomic mass is 9.43. The lowest BCUT2D eigenvalue weighted by molar-refractivity contribution is -0.0785. The first-order valence-electron chi connectivity index (χ1n) is 9.07. The molecule has 0 aromatic rings. The molecule has 0 heterocycles. The van der Waals surface area contributed by atoms with Crippen molar-refractivity contribution < 1.29 is 0 Å². The zero-order valence-electron chi connectivity index (χ0n) is 13.9. The molecule has 0 nitrogen and oxygen atoms in total. The molecule has 3 saturated carbocycles. The molecule has 0 aromatic heterocycles. The van der Waals surface area contributed by atoms with Crippen molar-refractivity contribution in [3.8, 4) is 0 Å². The first kappa shape index (κ1) is 13.4. The second kappa shape index (κ2) is 3.93. The Morgan fingerprint density at radius 2 is 1.80 bits per heavy atom. The first-order valence-corrected chi connectivity index (χ1v) is 9.07. The minimum absolute atomic E-state index is 0.520. The van der Waals surface area contributed by atoms with E-state index in [1.54, 1.807) is 0 Å². The van der Waals surface area contributed by atoms with Gasteiger partial charge in [0.25, 0.3) is 0 Å². The number of fused-ring (bicyclic) bond motifs is 3. The number of allylic oxidation sites excluding steroid dienone is 2. The maximum absolute atomic E-state index is 2.73. The van der Waals surface area contributed by atoms with Crippen molar-refractivity contribution in [2.24, 2.45) is 39.9 Å². The van der Waals surface area contributed by atoms with Crippen molar-refractivity contribution in [2.75, 3.05) is 0 Å². The molecule has 0 aliphatic heterocycles. The molecule has 4 rings (SSSR count). The zero-order valence-corrected chi connectivity index (χ0v) is 13.9. The van der Waals surface area contributed by atoms with Gasteiger partial charge in [-0.25, -0.2) is 0 Å². The highest BCUT2D eigenvalue weighted by atomic mass is 14.7. The van der Waals surface area contributed by atoms with E-state index in [0.29, 0.717) is 16.2 Å². The molecule has 0 heteroatoms. The fourth-order valence-corrected chi connectivity index (χ4v) is 7.40. The molecule has 4 aliphatic rings. The fourth-order valence-electron chi connectivity index (χ4n) is 7.40. The van der Waals surface area contributed by atoms with Crippen LogP contribution < -0.4 is 0 Å². The van der Waals surface area contributed by atoms with Crippen molar-refractivity contribution in [1.82, 2.24) is 0 Å². The van der Waals surface area contributed by atoms with Gasteiger partial charge in [-0.15, -0.1) is 0 Å². The van der Waals surface area contributed by atoms with Crippen molar-refractivity contribution in [3.63, 3.8) is 0 Å². The molecule has 1 spiro atoms. The molecule has 6 atom stereocenters. The predicted molar refractivity (Wildman–Crippen MR) is 85.4 cm³/mol. The molecule has 112 valence electrons. The smallest absolute Gasteiger partial charge is 0.00791 e. The van der Waals surface area contributed by atoms with Gasteiger partial charge in [0.1, 0.15) is 0 Å². The van der Waals surface area contributed by atoms with Crippen molar-refractivity contribution >= 4 is 0 Å². The van der Waals surface area contributed by atoms with Crippen LogP contribution in [0.25, 0.3) is 0 Å². The van der Waals surface area contributed by atoms with Crippen LogP contribution in [0.5, 0.6) is 0 Å². The summed E-state index contributed by atoms with van der Waals surface area (Å²) in [5.74, 6) is 3.81. The summed E-state index contributed by atoms with van der Waals surface area (Å²) in [6.07, 6.45) is 15.8. The summed E-state index contributed by atoms with van der Waals surface area (Å²) in [7, 11) is 0. The van der Waals surface area contributed by atoms with E-state index in [-0.39, 0.29) is 0 Å². The highest BCUT2D eigenvalue weighted by Crippen LogP contribution is 2.69. The van der Waals surface area contributed by atoms with Crippen molar-refractivity contribution in [3.05, 3.63) is 12.2 Å². The molecule has 0 saturated heterocycles. The number of rotatable bonds is 0. The molecule has 20 heavy (non-hydrogen) atoms. The van der Waals surface area contributed by atoms with E-state index in [2.05, 4.69) is 39.8 Å². The molecule has 3 unspecified atom stereocenters. The Labute approximate surface area is 125 Å². The molecule has 0 amide bonds. The molecule has 3 fully saturated rings. The number of hydrogen-bond donors (Lipinski definition) is 0. The van der Waals surface area contributed by atoms with Gasteiger partial charge in [-0.1, -0.05) is 46.3 Å². The Balaban J connectivity index is 1.79. The average molecular weight is 272 g/mol. The molecule has 0 aromatic carbocycles. The van der Waals surface area contributed by atoms with E-state index in [4.69, 9.17) is 0 Å². The van der Waals surface area contributed by atoms with E-state index < -0.39 is 0 Å². The zero-order chi connectivity index (χ0) is 14.2. The van der Waals surface area contributed by atoms with Crippen LogP contribution in [0.15, 0.2) is 12.2 Å². The highest BCUT2D eigenvalue weighted by molar-refractivity contribution is 5.23. The van der Waals surface area contributed by atoms with Gasteiger partial charge in [0.2, 0.25) is 0 Å². The third kappa shape index (κ3) is 1.54. The largest absolute Gasteiger partial charge is 0.0838 e. The summed E-state index contributed by atoms with van der Waals surface area (Å²) in [5, 5.41) is 0.